The van der Waals surface area contributed by atoms with Crippen LogP contribution in [-0.2, 0) is 6.42 Å². The summed E-state index contributed by atoms with van der Waals surface area (Å²) < 4.78 is 5.05. The maximum atomic E-state index is 5.05. The van der Waals surface area contributed by atoms with Crippen molar-refractivity contribution in [2.24, 2.45) is 5.92 Å². The van der Waals surface area contributed by atoms with E-state index in [0.29, 0.717) is 11.8 Å². The van der Waals surface area contributed by atoms with E-state index in [9.17, 15) is 0 Å². The number of ether oxygens (including phenoxy) is 1. The topological polar surface area (TPSA) is 35.0 Å². The normalized spacial score (nSPS) is 10.7. The van der Waals surface area contributed by atoms with E-state index >= 15 is 0 Å². The number of methoxy groups -OCH3 is 1. The molecule has 3 nitrogen and oxygen atoms in total. The molecule has 0 N–H and O–H groups in total. The second-order valence-corrected chi connectivity index (χ2v) is 4.74. The van der Waals surface area contributed by atoms with E-state index in [1.54, 1.807) is 13.3 Å². The van der Waals surface area contributed by atoms with Crippen molar-refractivity contribution in [2.45, 2.75) is 20.3 Å². The minimum atomic E-state index is 0.622. The first kappa shape index (κ1) is 12.6. The Kier molecular flexibility index (Phi) is 3.92. The third-order valence-corrected chi connectivity index (χ3v) is 2.71. The fourth-order valence-electron chi connectivity index (χ4n) is 1.88. The van der Waals surface area contributed by atoms with Gasteiger partial charge in [0.1, 0.15) is 0 Å². The summed E-state index contributed by atoms with van der Waals surface area (Å²) >= 11 is 0. The minimum absolute atomic E-state index is 0.622. The SMILES string of the molecule is COc1ccc(-c2cc(CC(C)C)ccn2)cn1. The van der Waals surface area contributed by atoms with Gasteiger partial charge in [0.2, 0.25) is 5.88 Å². The van der Waals surface area contributed by atoms with Crippen LogP contribution in [0.3, 0.4) is 0 Å². The summed E-state index contributed by atoms with van der Waals surface area (Å²) in [5, 5.41) is 0. The molecule has 0 aromatic carbocycles. The van der Waals surface area contributed by atoms with Crippen LogP contribution in [0.15, 0.2) is 36.7 Å². The minimum Gasteiger partial charge on any atom is -0.481 e. The van der Waals surface area contributed by atoms with Gasteiger partial charge in [-0.25, -0.2) is 4.98 Å². The first-order chi connectivity index (χ1) is 8.69. The smallest absolute Gasteiger partial charge is 0.212 e. The fraction of sp³-hybridized carbons (Fsp3) is 0.333. The summed E-state index contributed by atoms with van der Waals surface area (Å²) in [6.07, 6.45) is 4.72. The molecule has 0 saturated carbocycles. The highest BCUT2D eigenvalue weighted by Gasteiger charge is 2.03. The summed E-state index contributed by atoms with van der Waals surface area (Å²) in [7, 11) is 1.61. The molecule has 0 aliphatic heterocycles. The van der Waals surface area contributed by atoms with Gasteiger partial charge in [-0.1, -0.05) is 13.8 Å². The number of hydrogen-bond acceptors (Lipinski definition) is 3. The maximum absolute atomic E-state index is 5.05. The van der Waals surface area contributed by atoms with Crippen molar-refractivity contribution in [2.75, 3.05) is 7.11 Å². The highest BCUT2D eigenvalue weighted by Crippen LogP contribution is 2.20. The highest BCUT2D eigenvalue weighted by atomic mass is 16.5. The molecule has 0 atom stereocenters. The Bertz CT molecular complexity index is 506. The third kappa shape index (κ3) is 3.06. The molecule has 0 spiro atoms. The zero-order valence-electron chi connectivity index (χ0n) is 11.1. The number of hydrogen-bond donors (Lipinski definition) is 0. The summed E-state index contributed by atoms with van der Waals surface area (Å²) in [6.45, 7) is 4.43. The largest absolute Gasteiger partial charge is 0.481 e. The first-order valence-corrected chi connectivity index (χ1v) is 6.14. The average molecular weight is 242 g/mol. The average Bonchev–Trinajstić information content (AvgIpc) is 2.38. The van der Waals surface area contributed by atoms with Gasteiger partial charge >= 0.3 is 0 Å². The van der Waals surface area contributed by atoms with Crippen LogP contribution in [0, 0.1) is 5.92 Å². The van der Waals surface area contributed by atoms with Gasteiger partial charge in [0.05, 0.1) is 12.8 Å². The van der Waals surface area contributed by atoms with Gasteiger partial charge in [-0.05, 0) is 36.1 Å². The van der Waals surface area contributed by atoms with E-state index in [-0.39, 0.29) is 0 Å². The molecule has 3 heteroatoms. The predicted octanol–water partition coefficient (Wildman–Crippen LogP) is 3.35. The Hall–Kier alpha value is -1.90. The lowest BCUT2D eigenvalue weighted by Crippen LogP contribution is -1.95. The van der Waals surface area contributed by atoms with Crippen molar-refractivity contribution >= 4 is 0 Å². The number of nitrogens with zero attached hydrogens (tertiary/aromatic N) is 2. The van der Waals surface area contributed by atoms with E-state index in [1.165, 1.54) is 5.56 Å². The third-order valence-electron chi connectivity index (χ3n) is 2.71. The standard InChI is InChI=1S/C15H18N2O/c1-11(2)8-12-6-7-16-14(9-12)13-4-5-15(18-3)17-10-13/h4-7,9-11H,8H2,1-3H3. The van der Waals surface area contributed by atoms with E-state index < -0.39 is 0 Å². The molecule has 2 aromatic rings. The summed E-state index contributed by atoms with van der Waals surface area (Å²) in [6, 6.07) is 8.03. The molecule has 0 bridgehead atoms. The van der Waals surface area contributed by atoms with Gasteiger partial charge in [0.15, 0.2) is 0 Å². The van der Waals surface area contributed by atoms with E-state index in [2.05, 4.69) is 35.9 Å². The first-order valence-electron chi connectivity index (χ1n) is 6.14. The van der Waals surface area contributed by atoms with Crippen LogP contribution in [0.25, 0.3) is 11.3 Å². The summed E-state index contributed by atoms with van der Waals surface area (Å²) in [5.74, 6) is 1.27. The molecule has 94 valence electrons. The summed E-state index contributed by atoms with van der Waals surface area (Å²) in [4.78, 5) is 8.59. The Balaban J connectivity index is 2.26. The second-order valence-electron chi connectivity index (χ2n) is 4.74. The zero-order chi connectivity index (χ0) is 13.0. The summed E-state index contributed by atoms with van der Waals surface area (Å²) in [5.41, 5.74) is 3.29. The Labute approximate surface area is 108 Å². The zero-order valence-corrected chi connectivity index (χ0v) is 11.1. The van der Waals surface area contributed by atoms with Gasteiger partial charge < -0.3 is 4.74 Å². The molecule has 0 fully saturated rings. The quantitative estimate of drug-likeness (QED) is 0.824. The Morgan fingerprint density at radius 3 is 2.61 bits per heavy atom. The van der Waals surface area contributed by atoms with Crippen LogP contribution in [0.4, 0.5) is 0 Å². The van der Waals surface area contributed by atoms with E-state index in [1.807, 2.05) is 18.3 Å². The van der Waals surface area contributed by atoms with Gasteiger partial charge in [0.25, 0.3) is 0 Å². The predicted molar refractivity (Wildman–Crippen MR) is 72.6 cm³/mol. The fourth-order valence-corrected chi connectivity index (χ4v) is 1.88. The molecule has 0 unspecified atom stereocenters. The van der Waals surface area contributed by atoms with Crippen molar-refractivity contribution in [1.29, 1.82) is 0 Å². The second kappa shape index (κ2) is 5.63. The van der Waals surface area contributed by atoms with Crippen LogP contribution < -0.4 is 4.74 Å². The molecule has 0 aliphatic rings. The van der Waals surface area contributed by atoms with Crippen LogP contribution in [-0.4, -0.2) is 17.1 Å². The Morgan fingerprint density at radius 1 is 1.17 bits per heavy atom. The molecular formula is C15H18N2O. The molecule has 0 saturated heterocycles. The van der Waals surface area contributed by atoms with Crippen LogP contribution in [0.2, 0.25) is 0 Å². The number of aromatic nitrogens is 2. The number of pyridine rings is 2. The van der Waals surface area contributed by atoms with Crippen LogP contribution in [0.1, 0.15) is 19.4 Å². The molecule has 18 heavy (non-hydrogen) atoms. The van der Waals surface area contributed by atoms with Gasteiger partial charge in [-0.2, -0.15) is 0 Å². The van der Waals surface area contributed by atoms with Crippen LogP contribution in [0.5, 0.6) is 5.88 Å². The van der Waals surface area contributed by atoms with Gasteiger partial charge in [-0.3, -0.25) is 4.98 Å². The molecular weight excluding hydrogens is 224 g/mol. The number of rotatable bonds is 4. The molecule has 2 heterocycles. The van der Waals surface area contributed by atoms with Crippen molar-refractivity contribution in [3.05, 3.63) is 42.2 Å². The van der Waals surface area contributed by atoms with Gasteiger partial charge in [-0.15, -0.1) is 0 Å². The lowest BCUT2D eigenvalue weighted by atomic mass is 10.0. The molecule has 0 radical (unpaired) electrons. The van der Waals surface area contributed by atoms with Crippen LogP contribution >= 0.6 is 0 Å². The van der Waals surface area contributed by atoms with E-state index in [4.69, 9.17) is 4.74 Å². The molecule has 2 rings (SSSR count). The Morgan fingerprint density at radius 2 is 2.00 bits per heavy atom. The lowest BCUT2D eigenvalue weighted by Gasteiger charge is -2.07. The molecule has 2 aromatic heterocycles. The molecule has 0 amide bonds. The lowest BCUT2D eigenvalue weighted by molar-refractivity contribution is 0.398. The van der Waals surface area contributed by atoms with Gasteiger partial charge in [0, 0.05) is 24.0 Å². The van der Waals surface area contributed by atoms with Crippen molar-refractivity contribution < 1.29 is 4.74 Å². The van der Waals surface area contributed by atoms with Crippen molar-refractivity contribution in [3.63, 3.8) is 0 Å². The highest BCUT2D eigenvalue weighted by molar-refractivity contribution is 5.58. The molecule has 0 aliphatic carbocycles. The van der Waals surface area contributed by atoms with Crippen molar-refractivity contribution in [1.82, 2.24) is 9.97 Å². The van der Waals surface area contributed by atoms with E-state index in [0.717, 1.165) is 17.7 Å². The van der Waals surface area contributed by atoms with Crippen molar-refractivity contribution in [3.8, 4) is 17.1 Å². The monoisotopic (exact) mass is 242 g/mol. The maximum Gasteiger partial charge on any atom is 0.212 e.